The highest BCUT2D eigenvalue weighted by Crippen LogP contribution is 2.38. The summed E-state index contributed by atoms with van der Waals surface area (Å²) in [4.78, 5) is 38.3. The monoisotopic (exact) mass is 495 g/mol. The van der Waals surface area contributed by atoms with Crippen LogP contribution in [0.5, 0.6) is 0 Å². The highest BCUT2D eigenvalue weighted by atomic mass is 33.1. The second kappa shape index (κ2) is 10.8. The summed E-state index contributed by atoms with van der Waals surface area (Å²) >= 11 is 0. The van der Waals surface area contributed by atoms with Crippen molar-refractivity contribution in [2.24, 2.45) is 0 Å². The van der Waals surface area contributed by atoms with Crippen molar-refractivity contribution < 1.29 is 19.4 Å². The molecule has 1 amide bonds. The Hall–Kier alpha value is -2.21. The Morgan fingerprint density at radius 3 is 2.67 bits per heavy atom. The number of carbonyl (C=O) groups is 1. The van der Waals surface area contributed by atoms with Crippen molar-refractivity contribution >= 4 is 33.4 Å². The van der Waals surface area contributed by atoms with E-state index in [1.807, 2.05) is 25.1 Å². The summed E-state index contributed by atoms with van der Waals surface area (Å²) in [5.41, 5.74) is 0.301. The van der Waals surface area contributed by atoms with E-state index in [4.69, 9.17) is 9.47 Å². The minimum atomic E-state index is -1.29. The molecule has 4 atom stereocenters. The van der Waals surface area contributed by atoms with Crippen LogP contribution in [-0.4, -0.2) is 43.8 Å². The number of ether oxygens (including phenoxy) is 2. The Morgan fingerprint density at radius 1 is 1.27 bits per heavy atom. The molecule has 1 fully saturated rings. The molecule has 180 valence electrons. The first-order valence-electron chi connectivity index (χ1n) is 10.6. The lowest BCUT2D eigenvalue weighted by Gasteiger charge is -2.21. The number of aromatic nitrogens is 2. The molecular weight excluding hydrogens is 466 g/mol. The van der Waals surface area contributed by atoms with Crippen molar-refractivity contribution in [1.29, 1.82) is 0 Å². The molecular formula is C22H29N3O6S2. The zero-order valence-electron chi connectivity index (χ0n) is 18.9. The van der Waals surface area contributed by atoms with E-state index in [-0.39, 0.29) is 4.75 Å². The fourth-order valence-corrected chi connectivity index (χ4v) is 5.76. The molecule has 0 radical (unpaired) electrons. The van der Waals surface area contributed by atoms with E-state index < -0.39 is 41.9 Å². The van der Waals surface area contributed by atoms with E-state index in [1.54, 1.807) is 27.7 Å². The van der Waals surface area contributed by atoms with Crippen LogP contribution in [-0.2, 0) is 15.2 Å². The van der Waals surface area contributed by atoms with Crippen LogP contribution in [0.25, 0.3) is 0 Å². The van der Waals surface area contributed by atoms with Gasteiger partial charge in [-0.1, -0.05) is 67.5 Å². The zero-order valence-corrected chi connectivity index (χ0v) is 20.6. The number of nitrogens with zero attached hydrogens (tertiary/aromatic N) is 1. The van der Waals surface area contributed by atoms with Crippen LogP contribution in [0.15, 0.2) is 46.1 Å². The molecule has 1 saturated heterocycles. The van der Waals surface area contributed by atoms with E-state index in [9.17, 15) is 19.5 Å². The molecule has 9 nitrogen and oxygen atoms in total. The van der Waals surface area contributed by atoms with Crippen LogP contribution in [0, 0.1) is 0 Å². The van der Waals surface area contributed by atoms with E-state index in [2.05, 4.69) is 31.1 Å². The van der Waals surface area contributed by atoms with Crippen molar-refractivity contribution in [1.82, 2.24) is 9.55 Å². The minimum absolute atomic E-state index is 0.115. The van der Waals surface area contributed by atoms with E-state index in [0.717, 1.165) is 16.2 Å². The third-order valence-electron chi connectivity index (χ3n) is 4.86. The fourth-order valence-electron chi connectivity index (χ4n) is 3.35. The van der Waals surface area contributed by atoms with Gasteiger partial charge in [0.25, 0.3) is 5.56 Å². The Kier molecular flexibility index (Phi) is 8.33. The molecule has 0 spiro atoms. The van der Waals surface area contributed by atoms with Gasteiger partial charge >= 0.3 is 11.8 Å². The van der Waals surface area contributed by atoms with Crippen LogP contribution < -0.4 is 16.6 Å². The lowest BCUT2D eigenvalue weighted by Crippen LogP contribution is -2.40. The van der Waals surface area contributed by atoms with Crippen LogP contribution in [0.4, 0.5) is 10.5 Å². The number of carbonyl (C=O) groups excluding carboxylic acids is 1. The van der Waals surface area contributed by atoms with Gasteiger partial charge in [0.2, 0.25) is 0 Å². The molecule has 33 heavy (non-hydrogen) atoms. The van der Waals surface area contributed by atoms with E-state index in [1.165, 1.54) is 6.20 Å². The first kappa shape index (κ1) is 25.4. The largest absolute Gasteiger partial charge is 0.440 e. The highest BCUT2D eigenvalue weighted by molar-refractivity contribution is 8.76. The number of rotatable bonds is 7. The van der Waals surface area contributed by atoms with Gasteiger partial charge in [-0.3, -0.25) is 19.7 Å². The quantitative estimate of drug-likeness (QED) is 0.499. The molecule has 1 aliphatic heterocycles. The summed E-state index contributed by atoms with van der Waals surface area (Å²) in [6.07, 6.45) is -3.03. The molecule has 2 heterocycles. The standard InChI is InChI=1S/C22H29N3O6S2/c1-5-15-18(17(27)19(30-15)25-11-10-16(26)24-20(25)28)31-21(29)23-14-9-7-6-8-13(14)12-32-33-22(2,3)4/h6-11,15,17-19,27H,5,12H2,1-4H3,(H,23,29)(H,24,26,28)/t15-,17-,18-,19-/m1/s1. The summed E-state index contributed by atoms with van der Waals surface area (Å²) in [5, 5.41) is 13.5. The zero-order chi connectivity index (χ0) is 24.2. The number of hydrogen-bond acceptors (Lipinski definition) is 8. The lowest BCUT2D eigenvalue weighted by atomic mass is 10.1. The third-order valence-corrected chi connectivity index (χ3v) is 8.11. The number of anilines is 1. The van der Waals surface area contributed by atoms with Gasteiger partial charge in [-0.05, 0) is 18.1 Å². The molecule has 3 rings (SSSR count). The van der Waals surface area contributed by atoms with Crippen molar-refractivity contribution in [3.05, 3.63) is 62.9 Å². The predicted molar refractivity (Wildman–Crippen MR) is 131 cm³/mol. The van der Waals surface area contributed by atoms with Gasteiger partial charge in [0, 0.05) is 28.5 Å². The van der Waals surface area contributed by atoms with Gasteiger partial charge in [0.15, 0.2) is 12.3 Å². The minimum Gasteiger partial charge on any atom is -0.440 e. The summed E-state index contributed by atoms with van der Waals surface area (Å²) in [6, 6.07) is 8.61. The van der Waals surface area contributed by atoms with Crippen LogP contribution in [0.3, 0.4) is 0 Å². The third kappa shape index (κ3) is 6.66. The van der Waals surface area contributed by atoms with Crippen LogP contribution >= 0.6 is 21.6 Å². The second-order valence-corrected chi connectivity index (χ2v) is 11.7. The van der Waals surface area contributed by atoms with E-state index >= 15 is 0 Å². The first-order valence-corrected chi connectivity index (χ1v) is 12.9. The number of aromatic amines is 1. The van der Waals surface area contributed by atoms with Crippen molar-refractivity contribution in [2.75, 3.05) is 5.32 Å². The van der Waals surface area contributed by atoms with E-state index in [0.29, 0.717) is 17.9 Å². The normalized spacial score (nSPS) is 22.8. The Labute approximate surface area is 199 Å². The number of hydrogen-bond donors (Lipinski definition) is 3. The summed E-state index contributed by atoms with van der Waals surface area (Å²) in [6.45, 7) is 8.24. The Bertz CT molecular complexity index is 1080. The number of aliphatic hydroxyl groups is 1. The summed E-state index contributed by atoms with van der Waals surface area (Å²) < 4.78 is 12.5. The summed E-state index contributed by atoms with van der Waals surface area (Å²) in [7, 11) is 3.46. The molecule has 3 N–H and O–H groups in total. The average molecular weight is 496 g/mol. The molecule has 0 saturated carbocycles. The number of nitrogens with one attached hydrogen (secondary N) is 2. The van der Waals surface area contributed by atoms with Gasteiger partial charge in [-0.2, -0.15) is 0 Å². The molecule has 1 aromatic carbocycles. The summed E-state index contributed by atoms with van der Waals surface area (Å²) in [5.74, 6) is 0.697. The van der Waals surface area contributed by atoms with Crippen LogP contribution in [0.1, 0.15) is 45.9 Å². The smallest absolute Gasteiger partial charge is 0.412 e. The highest BCUT2D eigenvalue weighted by Gasteiger charge is 2.46. The van der Waals surface area contributed by atoms with Gasteiger partial charge in [-0.15, -0.1) is 0 Å². The Balaban J connectivity index is 1.68. The molecule has 2 aromatic rings. The maximum Gasteiger partial charge on any atom is 0.412 e. The molecule has 0 bridgehead atoms. The SMILES string of the molecule is CC[C@H]1O[C@@H](n2ccc(=O)[nH]c2=O)[C@H](O)[C@@H]1OC(=O)Nc1ccccc1CSSC(C)(C)C. The van der Waals surface area contributed by atoms with Crippen molar-refractivity contribution in [3.8, 4) is 0 Å². The van der Waals surface area contributed by atoms with Crippen molar-refractivity contribution in [2.45, 2.75) is 69.2 Å². The lowest BCUT2D eigenvalue weighted by molar-refractivity contribution is -0.0405. The first-order chi connectivity index (χ1) is 15.6. The van der Waals surface area contributed by atoms with Gasteiger partial charge < -0.3 is 14.6 Å². The number of amides is 1. The molecule has 0 aliphatic carbocycles. The number of benzene rings is 1. The topological polar surface area (TPSA) is 123 Å². The number of para-hydroxylation sites is 1. The predicted octanol–water partition coefficient (Wildman–Crippen LogP) is 3.50. The van der Waals surface area contributed by atoms with Crippen LogP contribution in [0.2, 0.25) is 0 Å². The molecule has 1 aromatic heterocycles. The maximum atomic E-state index is 12.7. The number of aliphatic hydroxyl groups excluding tert-OH is 1. The molecule has 1 aliphatic rings. The Morgan fingerprint density at radius 2 is 2.00 bits per heavy atom. The molecule has 11 heteroatoms. The average Bonchev–Trinajstić information content (AvgIpc) is 3.04. The van der Waals surface area contributed by atoms with Gasteiger partial charge in [-0.25, -0.2) is 9.59 Å². The van der Waals surface area contributed by atoms with Crippen molar-refractivity contribution in [3.63, 3.8) is 0 Å². The van der Waals surface area contributed by atoms with Gasteiger partial charge in [0.1, 0.15) is 6.10 Å². The number of H-pyrrole nitrogens is 1. The molecule has 0 unspecified atom stereocenters. The second-order valence-electron chi connectivity index (χ2n) is 8.59. The van der Waals surface area contributed by atoms with Gasteiger partial charge in [0.05, 0.1) is 6.10 Å². The maximum absolute atomic E-state index is 12.7. The fraction of sp³-hybridized carbons (Fsp3) is 0.500.